The fourth-order valence-corrected chi connectivity index (χ4v) is 7.49. The number of benzene rings is 6. The molecular formula is C43H16BF20NO3. The molecule has 0 unspecified atom stereocenters. The minimum atomic E-state index is -7.22. The molecule has 25 heteroatoms. The predicted octanol–water partition coefficient (Wildman–Crippen LogP) is 8.03. The lowest BCUT2D eigenvalue weighted by molar-refractivity contribution is -0.659. The Labute approximate surface area is 364 Å². The van der Waals surface area contributed by atoms with Crippen LogP contribution in [-0.4, -0.2) is 29.4 Å². The number of rotatable bonds is 9. The van der Waals surface area contributed by atoms with Gasteiger partial charge in [-0.3, -0.25) is 9.59 Å². The van der Waals surface area contributed by atoms with Crippen molar-refractivity contribution in [3.63, 3.8) is 0 Å². The van der Waals surface area contributed by atoms with Crippen molar-refractivity contribution in [2.75, 3.05) is 6.61 Å². The highest BCUT2D eigenvalue weighted by molar-refractivity contribution is 7.20. The Bertz CT molecular complexity index is 2860. The number of halogens is 20. The molecule has 0 saturated heterocycles. The lowest BCUT2D eigenvalue weighted by Crippen LogP contribution is -2.81. The fourth-order valence-electron chi connectivity index (χ4n) is 7.49. The van der Waals surface area contributed by atoms with Gasteiger partial charge in [0.1, 0.15) is 59.3 Å². The molecule has 1 N–H and O–H groups in total. The third-order valence-electron chi connectivity index (χ3n) is 10.5. The second kappa shape index (κ2) is 18.8. The van der Waals surface area contributed by atoms with E-state index in [1.54, 1.807) is 34.9 Å². The van der Waals surface area contributed by atoms with E-state index >= 15 is 35.1 Å². The van der Waals surface area contributed by atoms with Gasteiger partial charge in [0.15, 0.2) is 69.8 Å². The maximum atomic E-state index is 15.4. The van der Waals surface area contributed by atoms with Gasteiger partial charge >= 0.3 is 0 Å². The van der Waals surface area contributed by atoms with Crippen LogP contribution in [0.25, 0.3) is 10.9 Å². The van der Waals surface area contributed by atoms with Gasteiger partial charge in [0.05, 0.1) is 0 Å². The molecule has 4 nitrogen and oxygen atoms in total. The van der Waals surface area contributed by atoms with Crippen molar-refractivity contribution in [1.29, 1.82) is 0 Å². The summed E-state index contributed by atoms with van der Waals surface area (Å²) in [4.78, 5) is 24.5. The summed E-state index contributed by atoms with van der Waals surface area (Å²) in [6, 6.07) is 20.0. The number of para-hydroxylation sites is 1. The number of Topliss-reactive ketones (excluding diaryl/α,β-unsaturated/α-hetero) is 2. The molecule has 0 radical (unpaired) electrons. The Kier molecular flexibility index (Phi) is 13.8. The number of aliphatic hydroxyl groups excluding tert-OH is 1. The summed E-state index contributed by atoms with van der Waals surface area (Å²) in [7, 11) is 0. The van der Waals surface area contributed by atoms with E-state index in [0.29, 0.717) is 11.3 Å². The molecular weight excluding hydrogens is 969 g/mol. The number of carbonyl (C=O) groups is 2. The largest absolute Gasteiger partial charge is 0.388 e. The average molecular weight is 985 g/mol. The van der Waals surface area contributed by atoms with E-state index in [4.69, 9.17) is 0 Å². The van der Waals surface area contributed by atoms with Crippen LogP contribution in [0.5, 0.6) is 0 Å². The Morgan fingerprint density at radius 1 is 0.368 bits per heavy atom. The van der Waals surface area contributed by atoms with E-state index in [0.717, 1.165) is 10.9 Å². The van der Waals surface area contributed by atoms with Crippen molar-refractivity contribution in [2.24, 2.45) is 0 Å². The van der Waals surface area contributed by atoms with Gasteiger partial charge in [-0.2, -0.15) is 4.57 Å². The molecule has 354 valence electrons. The molecule has 0 amide bonds. The monoisotopic (exact) mass is 985 g/mol. The molecule has 0 aliphatic rings. The Morgan fingerprint density at radius 3 is 0.985 bits per heavy atom. The number of ketones is 2. The summed E-state index contributed by atoms with van der Waals surface area (Å²) < 4.78 is 296. The zero-order chi connectivity index (χ0) is 50.6. The Balaban J connectivity index is 0.000000276. The molecule has 6 aromatic carbocycles. The van der Waals surface area contributed by atoms with Gasteiger partial charge in [0.25, 0.3) is 11.5 Å². The smallest absolute Gasteiger partial charge is 0.252 e. The number of fused-ring (bicyclic) bond motifs is 1. The quantitative estimate of drug-likeness (QED) is 0.0399. The zero-order valence-electron chi connectivity index (χ0n) is 32.6. The van der Waals surface area contributed by atoms with Crippen LogP contribution < -0.4 is 26.4 Å². The first-order valence-corrected chi connectivity index (χ1v) is 18.3. The van der Waals surface area contributed by atoms with Gasteiger partial charge in [0, 0.05) is 23.1 Å². The summed E-state index contributed by atoms with van der Waals surface area (Å²) in [5, 5.41) is 10.1. The standard InChI is InChI=1S/C24BF20.C19H16NO3/c26-5-1(6(27)14(35)21(42)13(5)34)25(2-7(28)15(36)22(43)16(37)8(2)29,3-9(30)17(38)23(44)18(39)10(3)31)4-11(32)19(40)24(45)20(41)12(4)33;21-13-19(23)17-11-10-14-6-4-5-9-16(14)20(17)12-18(22)15-7-2-1-3-8-15/h;1-11,21H,12-13H2/q-1;+1. The van der Waals surface area contributed by atoms with E-state index in [1.807, 2.05) is 36.4 Å². The number of hydrogen-bond donors (Lipinski definition) is 1. The van der Waals surface area contributed by atoms with Crippen LogP contribution in [-0.2, 0) is 6.54 Å². The molecule has 0 fully saturated rings. The molecule has 0 aliphatic heterocycles. The first-order chi connectivity index (χ1) is 31.9. The third-order valence-corrected chi connectivity index (χ3v) is 10.5. The van der Waals surface area contributed by atoms with Crippen molar-refractivity contribution in [1.82, 2.24) is 0 Å². The van der Waals surface area contributed by atoms with Gasteiger partial charge in [-0.15, -0.1) is 21.9 Å². The molecule has 1 aromatic heterocycles. The molecule has 7 aromatic rings. The van der Waals surface area contributed by atoms with Crippen LogP contribution in [0.15, 0.2) is 66.7 Å². The Hall–Kier alpha value is -7.31. The van der Waals surface area contributed by atoms with E-state index in [2.05, 4.69) is 0 Å². The second-order valence-electron chi connectivity index (χ2n) is 14.0. The topological polar surface area (TPSA) is 58.2 Å². The normalized spacial score (nSPS) is 11.5. The van der Waals surface area contributed by atoms with Gasteiger partial charge < -0.3 is 5.11 Å². The van der Waals surface area contributed by atoms with E-state index in [9.17, 15) is 67.4 Å². The summed E-state index contributed by atoms with van der Waals surface area (Å²) in [5.74, 6) is -71.9. The molecule has 7 rings (SSSR count). The lowest BCUT2D eigenvalue weighted by Gasteiger charge is -2.44. The Morgan fingerprint density at radius 2 is 0.662 bits per heavy atom. The summed E-state index contributed by atoms with van der Waals surface area (Å²) in [5.41, 5.74) is -12.6. The first kappa shape index (κ1) is 50.1. The summed E-state index contributed by atoms with van der Waals surface area (Å²) in [6.45, 7) is -0.537. The van der Waals surface area contributed by atoms with Crippen LogP contribution in [0.3, 0.4) is 0 Å². The van der Waals surface area contributed by atoms with Gasteiger partial charge in [0.2, 0.25) is 17.8 Å². The number of pyridine rings is 1. The van der Waals surface area contributed by atoms with Crippen molar-refractivity contribution < 1.29 is 107 Å². The average Bonchev–Trinajstić information content (AvgIpc) is 3.34. The number of aliphatic hydroxyl groups is 1. The number of aromatic nitrogens is 1. The fraction of sp³-hybridized carbons (Fsp3) is 0.0465. The second-order valence-corrected chi connectivity index (χ2v) is 14.0. The highest BCUT2D eigenvalue weighted by Crippen LogP contribution is 2.31. The molecule has 0 saturated carbocycles. The van der Waals surface area contributed by atoms with Crippen LogP contribution in [0.2, 0.25) is 0 Å². The van der Waals surface area contributed by atoms with Crippen LogP contribution >= 0.6 is 0 Å². The number of hydrogen-bond acceptors (Lipinski definition) is 3. The molecule has 1 heterocycles. The highest BCUT2D eigenvalue weighted by atomic mass is 19.2. The molecule has 0 aliphatic carbocycles. The first-order valence-electron chi connectivity index (χ1n) is 18.3. The predicted molar refractivity (Wildman–Crippen MR) is 196 cm³/mol. The maximum absolute atomic E-state index is 15.4. The number of carbonyl (C=O) groups excluding carboxylic acids is 2. The van der Waals surface area contributed by atoms with Gasteiger partial charge in [-0.1, -0.05) is 42.5 Å². The van der Waals surface area contributed by atoms with Crippen LogP contribution in [0.1, 0.15) is 20.8 Å². The highest BCUT2D eigenvalue weighted by Gasteiger charge is 2.52. The van der Waals surface area contributed by atoms with E-state index in [-0.39, 0.29) is 12.3 Å². The molecule has 0 bridgehead atoms. The molecule has 0 spiro atoms. The van der Waals surface area contributed by atoms with E-state index < -0.39 is 157 Å². The summed E-state index contributed by atoms with van der Waals surface area (Å²) >= 11 is 0. The zero-order valence-corrected chi connectivity index (χ0v) is 32.6. The van der Waals surface area contributed by atoms with Gasteiger partial charge in [-0.05, 0) is 12.1 Å². The van der Waals surface area contributed by atoms with Crippen LogP contribution in [0.4, 0.5) is 87.8 Å². The minimum absolute atomic E-state index is 0.0481. The molecule has 0 atom stereocenters. The third kappa shape index (κ3) is 7.76. The number of nitrogens with zero attached hydrogens (tertiary/aromatic N) is 1. The summed E-state index contributed by atoms with van der Waals surface area (Å²) in [6.07, 6.45) is -7.22. The van der Waals surface area contributed by atoms with Crippen molar-refractivity contribution in [3.05, 3.63) is 194 Å². The van der Waals surface area contributed by atoms with Crippen molar-refractivity contribution in [3.8, 4) is 0 Å². The van der Waals surface area contributed by atoms with Crippen molar-refractivity contribution >= 4 is 50.5 Å². The minimum Gasteiger partial charge on any atom is -0.388 e. The lowest BCUT2D eigenvalue weighted by atomic mass is 9.12. The van der Waals surface area contributed by atoms with Gasteiger partial charge in [-0.25, -0.2) is 87.8 Å². The van der Waals surface area contributed by atoms with E-state index in [1.165, 1.54) is 0 Å². The molecule has 68 heavy (non-hydrogen) atoms. The van der Waals surface area contributed by atoms with Crippen molar-refractivity contribution in [2.45, 2.75) is 6.54 Å². The SMILES string of the molecule is Fc1c(F)c(F)c([B-](c2c(F)c(F)c(F)c(F)c2F)(c2c(F)c(F)c(F)c(F)c2F)c2c(F)c(F)c(F)c(F)c2F)c(F)c1F.O=C(C[n+]1c(C(=O)CO)ccc2ccccc21)c1ccccc1. The van der Waals surface area contributed by atoms with Crippen LogP contribution in [0, 0.1) is 116 Å². The maximum Gasteiger partial charge on any atom is 0.252 e.